The minimum absolute atomic E-state index is 0.00258. The molecule has 2 aromatic heterocycles. The van der Waals surface area contributed by atoms with Gasteiger partial charge in [0.05, 0.1) is 33.2 Å². The number of hydrogen-bond donors (Lipinski definition) is 0. The molecule has 3 nitrogen and oxygen atoms in total. The molecule has 3 heteroatoms. The molecule has 8 aromatic rings. The Morgan fingerprint density at radius 2 is 1.29 bits per heavy atom. The molecule has 6 aromatic carbocycles. The maximum absolute atomic E-state index is 10.1. The van der Waals surface area contributed by atoms with E-state index in [1.165, 1.54) is 49.3 Å². The van der Waals surface area contributed by atoms with Gasteiger partial charge in [-0.1, -0.05) is 93.6 Å². The second-order valence-electron chi connectivity index (χ2n) is 13.2. The van der Waals surface area contributed by atoms with E-state index >= 15 is 0 Å². The van der Waals surface area contributed by atoms with Gasteiger partial charge in [-0.05, 0) is 70.0 Å². The van der Waals surface area contributed by atoms with Crippen LogP contribution in [-0.4, -0.2) is 4.57 Å². The molecule has 0 saturated carbocycles. The third-order valence-corrected chi connectivity index (χ3v) is 9.59. The van der Waals surface area contributed by atoms with Crippen LogP contribution < -0.4 is 4.57 Å². The molecule has 0 aliphatic carbocycles. The fourth-order valence-corrected chi connectivity index (χ4v) is 7.48. The van der Waals surface area contributed by atoms with E-state index in [9.17, 15) is 5.26 Å². The Morgan fingerprint density at radius 1 is 0.644 bits per heavy atom. The molecule has 216 valence electrons. The SMILES string of the molecule is Cc1c(-c2c3ccc4c(-n5c6ccccc6c6cccc(C#N)c65)cccc4c3cc[n+]2C)cc(C(C)(C)C)c2ccccc12. The molecule has 0 unspecified atom stereocenters. The van der Waals surface area contributed by atoms with Crippen molar-refractivity contribution in [2.45, 2.75) is 33.1 Å². The lowest BCUT2D eigenvalue weighted by molar-refractivity contribution is -0.659. The number of hydrogen-bond acceptors (Lipinski definition) is 1. The Balaban J connectivity index is 1.46. The van der Waals surface area contributed by atoms with Gasteiger partial charge in [0, 0.05) is 27.6 Å². The first-order valence-corrected chi connectivity index (χ1v) is 15.6. The lowest BCUT2D eigenvalue weighted by Crippen LogP contribution is -2.31. The third-order valence-electron chi connectivity index (χ3n) is 9.59. The van der Waals surface area contributed by atoms with Crippen LogP contribution in [0.4, 0.5) is 0 Å². The van der Waals surface area contributed by atoms with Gasteiger partial charge in [-0.15, -0.1) is 0 Å². The molecule has 0 amide bonds. The highest BCUT2D eigenvalue weighted by molar-refractivity contribution is 6.16. The molecule has 0 aliphatic rings. The summed E-state index contributed by atoms with van der Waals surface area (Å²) < 4.78 is 4.55. The quantitative estimate of drug-likeness (QED) is 0.148. The van der Waals surface area contributed by atoms with Gasteiger partial charge in [0.1, 0.15) is 13.1 Å². The molecule has 0 spiro atoms. The zero-order chi connectivity index (χ0) is 31.0. The lowest BCUT2D eigenvalue weighted by Gasteiger charge is -2.24. The molecule has 0 N–H and O–H groups in total. The molecule has 0 radical (unpaired) electrons. The summed E-state index contributed by atoms with van der Waals surface area (Å²) in [6, 6.07) is 41.6. The highest BCUT2D eigenvalue weighted by Crippen LogP contribution is 2.41. The number of pyridine rings is 1. The average Bonchev–Trinajstić information content (AvgIpc) is 3.39. The van der Waals surface area contributed by atoms with Crippen molar-refractivity contribution >= 4 is 54.1 Å². The highest BCUT2D eigenvalue weighted by Gasteiger charge is 2.25. The van der Waals surface area contributed by atoms with Gasteiger partial charge in [-0.25, -0.2) is 4.57 Å². The van der Waals surface area contributed by atoms with Gasteiger partial charge in [0.2, 0.25) is 5.69 Å². The maximum atomic E-state index is 10.1. The van der Waals surface area contributed by atoms with Gasteiger partial charge < -0.3 is 4.57 Å². The summed E-state index contributed by atoms with van der Waals surface area (Å²) in [5.74, 6) is 0. The largest absolute Gasteiger partial charge is 0.307 e. The number of nitrogens with zero attached hydrogens (tertiary/aromatic N) is 3. The lowest BCUT2D eigenvalue weighted by atomic mass is 9.80. The minimum Gasteiger partial charge on any atom is -0.307 e. The monoisotopic (exact) mass is 580 g/mol. The van der Waals surface area contributed by atoms with Gasteiger partial charge >= 0.3 is 0 Å². The highest BCUT2D eigenvalue weighted by atomic mass is 15.0. The van der Waals surface area contributed by atoms with Crippen molar-refractivity contribution < 1.29 is 4.57 Å². The molecule has 0 aliphatic heterocycles. The van der Waals surface area contributed by atoms with E-state index < -0.39 is 0 Å². The second kappa shape index (κ2) is 9.78. The van der Waals surface area contributed by atoms with Crippen LogP contribution in [-0.2, 0) is 12.5 Å². The van der Waals surface area contributed by atoms with E-state index in [1.807, 2.05) is 12.1 Å². The second-order valence-corrected chi connectivity index (χ2v) is 13.2. The first-order chi connectivity index (χ1) is 21.8. The molecule has 0 bridgehead atoms. The van der Waals surface area contributed by atoms with Crippen molar-refractivity contribution in [2.24, 2.45) is 7.05 Å². The maximum Gasteiger partial charge on any atom is 0.220 e. The summed E-state index contributed by atoms with van der Waals surface area (Å²) in [5, 5.41) is 19.8. The van der Waals surface area contributed by atoms with Gasteiger partial charge in [-0.3, -0.25) is 0 Å². The minimum atomic E-state index is -0.00258. The molecule has 2 heterocycles. The number of aryl methyl sites for hydroxylation is 2. The summed E-state index contributed by atoms with van der Waals surface area (Å²) >= 11 is 0. The fraction of sp³-hybridized carbons (Fsp3) is 0.143. The van der Waals surface area contributed by atoms with Crippen LogP contribution in [0.3, 0.4) is 0 Å². The van der Waals surface area contributed by atoms with Crippen molar-refractivity contribution in [1.82, 2.24) is 4.57 Å². The van der Waals surface area contributed by atoms with E-state index in [4.69, 9.17) is 0 Å². The van der Waals surface area contributed by atoms with Crippen molar-refractivity contribution in [2.75, 3.05) is 0 Å². The molecule has 45 heavy (non-hydrogen) atoms. The van der Waals surface area contributed by atoms with Crippen LogP contribution >= 0.6 is 0 Å². The Bertz CT molecular complexity index is 2550. The number of fused-ring (bicyclic) bond motifs is 7. The van der Waals surface area contributed by atoms with E-state index in [0.29, 0.717) is 5.56 Å². The first kappa shape index (κ1) is 27.1. The third kappa shape index (κ3) is 3.92. The molecule has 0 saturated heterocycles. The number of rotatable bonds is 2. The van der Waals surface area contributed by atoms with Gasteiger partial charge in [-0.2, -0.15) is 5.26 Å². The van der Waals surface area contributed by atoms with Crippen LogP contribution in [0.25, 0.3) is 71.1 Å². The Hall–Kier alpha value is -5.46. The molecule has 0 atom stereocenters. The van der Waals surface area contributed by atoms with Gasteiger partial charge in [0.25, 0.3) is 0 Å². The zero-order valence-electron chi connectivity index (χ0n) is 26.3. The van der Waals surface area contributed by atoms with Crippen molar-refractivity contribution in [3.63, 3.8) is 0 Å². The first-order valence-electron chi connectivity index (χ1n) is 15.6. The van der Waals surface area contributed by atoms with Gasteiger partial charge in [0.15, 0.2) is 6.20 Å². The molecular weight excluding hydrogens is 546 g/mol. The smallest absolute Gasteiger partial charge is 0.220 e. The summed E-state index contributed by atoms with van der Waals surface area (Å²) in [4.78, 5) is 0. The van der Waals surface area contributed by atoms with Crippen molar-refractivity contribution in [3.05, 3.63) is 132 Å². The van der Waals surface area contributed by atoms with E-state index in [0.717, 1.165) is 32.9 Å². The number of benzene rings is 6. The van der Waals surface area contributed by atoms with E-state index in [-0.39, 0.29) is 5.41 Å². The van der Waals surface area contributed by atoms with E-state index in [1.54, 1.807) is 0 Å². The topological polar surface area (TPSA) is 32.6 Å². The number of para-hydroxylation sites is 2. The Morgan fingerprint density at radius 3 is 2.07 bits per heavy atom. The van der Waals surface area contributed by atoms with Crippen molar-refractivity contribution in [1.29, 1.82) is 5.26 Å². The van der Waals surface area contributed by atoms with Crippen LogP contribution in [0.2, 0.25) is 0 Å². The molecule has 0 fully saturated rings. The average molecular weight is 581 g/mol. The summed E-state index contributed by atoms with van der Waals surface area (Å²) in [6.07, 6.45) is 2.20. The van der Waals surface area contributed by atoms with Crippen LogP contribution in [0.5, 0.6) is 0 Å². The Labute approximate surface area is 263 Å². The van der Waals surface area contributed by atoms with Crippen LogP contribution in [0.1, 0.15) is 37.5 Å². The predicted octanol–water partition coefficient (Wildman–Crippen LogP) is 10.2. The van der Waals surface area contributed by atoms with Crippen LogP contribution in [0, 0.1) is 18.3 Å². The zero-order valence-corrected chi connectivity index (χ0v) is 26.3. The van der Waals surface area contributed by atoms with Crippen LogP contribution in [0.15, 0.2) is 115 Å². The summed E-state index contributed by atoms with van der Waals surface area (Å²) in [6.45, 7) is 9.17. The summed E-state index contributed by atoms with van der Waals surface area (Å²) in [5.41, 5.74) is 8.95. The van der Waals surface area contributed by atoms with Crippen molar-refractivity contribution in [3.8, 4) is 23.0 Å². The Kier molecular flexibility index (Phi) is 5.89. The molecular formula is C42H34N3+. The standard InChI is InChI=1S/C42H34N3/c1-26-28-13-6-7-14-31(28)37(42(2,3)4)24-36(26)41-35-21-20-33-29(30(35)22-23-44(41)5)16-11-19-39(33)45-38-18-9-8-15-32(38)34-17-10-12-27(25-43)40(34)45/h6-24H,1-5H3/q+1. The van der Waals surface area contributed by atoms with E-state index in [2.05, 4.69) is 153 Å². The number of nitriles is 1. The number of aromatic nitrogens is 2. The predicted molar refractivity (Wildman–Crippen MR) is 188 cm³/mol. The normalized spacial score (nSPS) is 12.1. The summed E-state index contributed by atoms with van der Waals surface area (Å²) in [7, 11) is 2.16. The fourth-order valence-electron chi connectivity index (χ4n) is 7.48. The molecule has 8 rings (SSSR count).